The Morgan fingerprint density at radius 3 is 2.69 bits per heavy atom. The second kappa shape index (κ2) is 11.6. The van der Waals surface area contributed by atoms with E-state index in [4.69, 9.17) is 0 Å². The number of thiol groups is 1. The summed E-state index contributed by atoms with van der Waals surface area (Å²) in [5, 5.41) is 18.2. The topological polar surface area (TPSA) is 111 Å². The van der Waals surface area contributed by atoms with Crippen LogP contribution in [0.4, 0.5) is 4.79 Å². The summed E-state index contributed by atoms with van der Waals surface area (Å²) in [4.78, 5) is 34.8. The van der Waals surface area contributed by atoms with Crippen LogP contribution in [0.5, 0.6) is 0 Å². The molecule has 1 aliphatic carbocycles. The fourth-order valence-corrected chi connectivity index (χ4v) is 4.55. The van der Waals surface area contributed by atoms with Crippen molar-refractivity contribution in [1.82, 2.24) is 20.9 Å². The van der Waals surface area contributed by atoms with Gasteiger partial charge in [0.2, 0.25) is 12.3 Å². The third-order valence-electron chi connectivity index (χ3n) is 6.00. The van der Waals surface area contributed by atoms with Crippen LogP contribution in [0.25, 0.3) is 0 Å². The highest BCUT2D eigenvalue weighted by Gasteiger charge is 2.37. The van der Waals surface area contributed by atoms with Crippen molar-refractivity contribution < 1.29 is 19.5 Å². The van der Waals surface area contributed by atoms with Crippen LogP contribution in [0.15, 0.2) is 0 Å². The van der Waals surface area contributed by atoms with Gasteiger partial charge in [0, 0.05) is 38.0 Å². The van der Waals surface area contributed by atoms with E-state index < -0.39 is 6.10 Å². The van der Waals surface area contributed by atoms with Crippen LogP contribution in [0.1, 0.15) is 52.4 Å². The van der Waals surface area contributed by atoms with Crippen molar-refractivity contribution in [2.75, 3.05) is 19.6 Å². The minimum Gasteiger partial charge on any atom is -0.391 e. The Hall–Kier alpha value is -1.48. The molecule has 0 aromatic heterocycles. The maximum Gasteiger partial charge on any atom is 0.315 e. The minimum atomic E-state index is -0.420. The predicted molar refractivity (Wildman–Crippen MR) is 114 cm³/mol. The van der Waals surface area contributed by atoms with Gasteiger partial charge in [-0.05, 0) is 37.5 Å². The Balaban J connectivity index is 0.000000278. The van der Waals surface area contributed by atoms with E-state index in [1.807, 2.05) is 13.8 Å². The molecule has 4 amide bonds. The first-order valence-electron chi connectivity index (χ1n) is 10.7. The number of hydrogen-bond donors (Lipinski definition) is 5. The normalized spacial score (nSPS) is 31.9. The van der Waals surface area contributed by atoms with Gasteiger partial charge < -0.3 is 26.0 Å². The Morgan fingerprint density at radius 1 is 1.31 bits per heavy atom. The molecule has 8 nitrogen and oxygen atoms in total. The fourth-order valence-electron chi connectivity index (χ4n) is 4.33. The van der Waals surface area contributed by atoms with Gasteiger partial charge in [-0.2, -0.15) is 12.6 Å². The quantitative estimate of drug-likeness (QED) is 0.309. The monoisotopic (exact) mass is 428 g/mol. The van der Waals surface area contributed by atoms with Gasteiger partial charge in [0.1, 0.15) is 0 Å². The number of carbonyl (C=O) groups is 3. The maximum atomic E-state index is 11.4. The van der Waals surface area contributed by atoms with E-state index in [0.29, 0.717) is 43.3 Å². The maximum absolute atomic E-state index is 11.4. The number of aliphatic hydroxyl groups is 1. The number of aliphatic hydroxyl groups excluding tert-OH is 1. The molecule has 9 heteroatoms. The van der Waals surface area contributed by atoms with E-state index in [-0.39, 0.29) is 17.3 Å². The average Bonchev–Trinajstić information content (AvgIpc) is 3.04. The molecule has 166 valence electrons. The van der Waals surface area contributed by atoms with E-state index in [9.17, 15) is 19.5 Å². The lowest BCUT2D eigenvalue weighted by Crippen LogP contribution is -2.51. The number of hydrogen-bond acceptors (Lipinski definition) is 5. The molecule has 4 N–H and O–H groups in total. The Labute approximate surface area is 179 Å². The molecule has 0 radical (unpaired) electrons. The van der Waals surface area contributed by atoms with E-state index in [1.54, 1.807) is 4.90 Å². The SMILES string of the molecule is CC1CNC(=O)NC1S.CCCC(O)CN(C=O)CC1CCC2NC(=O)CC2C1. The molecule has 0 aromatic rings. The highest BCUT2D eigenvalue weighted by molar-refractivity contribution is 7.80. The summed E-state index contributed by atoms with van der Waals surface area (Å²) in [7, 11) is 0. The number of fused-ring (bicyclic) bond motifs is 1. The van der Waals surface area contributed by atoms with Crippen LogP contribution >= 0.6 is 12.6 Å². The lowest BCUT2D eigenvalue weighted by atomic mass is 9.78. The molecular weight excluding hydrogens is 392 g/mol. The number of nitrogens with zero attached hydrogens (tertiary/aromatic N) is 1. The summed E-state index contributed by atoms with van der Waals surface area (Å²) in [5.41, 5.74) is 0. The predicted octanol–water partition coefficient (Wildman–Crippen LogP) is 1.10. The number of amides is 4. The van der Waals surface area contributed by atoms with E-state index in [1.165, 1.54) is 0 Å². The van der Waals surface area contributed by atoms with Gasteiger partial charge in [0.05, 0.1) is 11.5 Å². The Kier molecular flexibility index (Phi) is 9.55. The van der Waals surface area contributed by atoms with Crippen LogP contribution in [-0.4, -0.2) is 65.5 Å². The first-order valence-corrected chi connectivity index (χ1v) is 11.2. The molecule has 29 heavy (non-hydrogen) atoms. The Morgan fingerprint density at radius 2 is 2.07 bits per heavy atom. The largest absolute Gasteiger partial charge is 0.391 e. The first kappa shape index (κ1) is 23.8. The molecule has 3 aliphatic rings. The molecular formula is C20H36N4O4S. The highest BCUT2D eigenvalue weighted by Crippen LogP contribution is 2.35. The molecule has 0 aromatic carbocycles. The molecule has 3 rings (SSSR count). The summed E-state index contributed by atoms with van der Waals surface area (Å²) in [6, 6.07) is 0.238. The average molecular weight is 429 g/mol. The van der Waals surface area contributed by atoms with Gasteiger partial charge in [0.15, 0.2) is 0 Å². The van der Waals surface area contributed by atoms with Gasteiger partial charge in [0.25, 0.3) is 0 Å². The summed E-state index contributed by atoms with van der Waals surface area (Å²) in [5.74, 6) is 1.48. The molecule has 2 saturated heterocycles. The summed E-state index contributed by atoms with van der Waals surface area (Å²) < 4.78 is 0. The van der Waals surface area contributed by atoms with E-state index in [2.05, 4.69) is 28.6 Å². The second-order valence-corrected chi connectivity index (χ2v) is 9.15. The van der Waals surface area contributed by atoms with Crippen molar-refractivity contribution in [1.29, 1.82) is 0 Å². The molecule has 2 aliphatic heterocycles. The van der Waals surface area contributed by atoms with Crippen LogP contribution in [0.2, 0.25) is 0 Å². The number of nitrogens with one attached hydrogen (secondary N) is 3. The summed E-state index contributed by atoms with van der Waals surface area (Å²) >= 11 is 4.14. The Bertz CT molecular complexity index is 565. The van der Waals surface area contributed by atoms with Crippen LogP contribution in [0, 0.1) is 17.8 Å². The molecule has 0 bridgehead atoms. The minimum absolute atomic E-state index is 0.0127. The summed E-state index contributed by atoms with van der Waals surface area (Å²) in [6.45, 7) is 5.92. The van der Waals surface area contributed by atoms with Gasteiger partial charge >= 0.3 is 6.03 Å². The van der Waals surface area contributed by atoms with Crippen LogP contribution in [-0.2, 0) is 9.59 Å². The molecule has 2 heterocycles. The van der Waals surface area contributed by atoms with Gasteiger partial charge in [-0.3, -0.25) is 9.59 Å². The lowest BCUT2D eigenvalue weighted by Gasteiger charge is -2.33. The zero-order valence-corrected chi connectivity index (χ0v) is 18.4. The third kappa shape index (κ3) is 7.70. The zero-order valence-electron chi connectivity index (χ0n) is 17.5. The molecule has 6 atom stereocenters. The van der Waals surface area contributed by atoms with Gasteiger partial charge in [-0.15, -0.1) is 0 Å². The number of urea groups is 1. The third-order valence-corrected chi connectivity index (χ3v) is 6.63. The summed E-state index contributed by atoms with van der Waals surface area (Å²) in [6.07, 6.45) is 5.81. The van der Waals surface area contributed by atoms with Crippen molar-refractivity contribution in [3.05, 3.63) is 0 Å². The highest BCUT2D eigenvalue weighted by atomic mass is 32.1. The first-order chi connectivity index (χ1) is 13.8. The van der Waals surface area contributed by atoms with Crippen molar-refractivity contribution in [2.45, 2.75) is 69.9 Å². The van der Waals surface area contributed by atoms with Crippen molar-refractivity contribution in [3.63, 3.8) is 0 Å². The number of rotatable bonds is 7. The second-order valence-electron chi connectivity index (χ2n) is 8.60. The fraction of sp³-hybridized carbons (Fsp3) is 0.850. The van der Waals surface area contributed by atoms with Gasteiger partial charge in [-0.25, -0.2) is 4.79 Å². The standard InChI is InChI=1S/C15H26N2O3.C5H10N2OS/c1-2-3-13(19)9-17(10-18)8-11-4-5-14-12(6-11)7-15(20)16-14;1-3-2-6-5(8)7-4(3)9/h10-14,19H,2-9H2,1H3,(H,16,20);3-4,9H,2H2,1H3,(H2,6,7,8). The van der Waals surface area contributed by atoms with Crippen molar-refractivity contribution in [3.8, 4) is 0 Å². The van der Waals surface area contributed by atoms with Crippen LogP contribution < -0.4 is 16.0 Å². The molecule has 0 spiro atoms. The lowest BCUT2D eigenvalue weighted by molar-refractivity contribution is -0.121. The van der Waals surface area contributed by atoms with E-state index in [0.717, 1.165) is 45.1 Å². The smallest absolute Gasteiger partial charge is 0.315 e. The number of carbonyl (C=O) groups excluding carboxylic acids is 3. The van der Waals surface area contributed by atoms with Gasteiger partial charge in [-0.1, -0.05) is 20.3 Å². The molecule has 3 fully saturated rings. The van der Waals surface area contributed by atoms with Crippen molar-refractivity contribution in [2.24, 2.45) is 17.8 Å². The van der Waals surface area contributed by atoms with Crippen LogP contribution in [0.3, 0.4) is 0 Å². The zero-order chi connectivity index (χ0) is 21.4. The molecule has 6 unspecified atom stereocenters. The van der Waals surface area contributed by atoms with E-state index >= 15 is 0 Å². The molecule has 1 saturated carbocycles. The van der Waals surface area contributed by atoms with Crippen molar-refractivity contribution >= 4 is 31.0 Å².